The van der Waals surface area contributed by atoms with E-state index in [2.05, 4.69) is 15.0 Å². The average Bonchev–Trinajstić information content (AvgIpc) is 3.16. The highest BCUT2D eigenvalue weighted by Gasteiger charge is 2.24. The monoisotopic (exact) mass is 331 g/mol. The molecule has 0 saturated carbocycles. The Morgan fingerprint density at radius 3 is 2.67 bits per heavy atom. The molecule has 0 radical (unpaired) electrons. The van der Waals surface area contributed by atoms with Crippen molar-refractivity contribution < 1.29 is 19.2 Å². The highest BCUT2D eigenvalue weighted by atomic mass is 16.6. The van der Waals surface area contributed by atoms with Crippen LogP contribution in [-0.4, -0.2) is 44.6 Å². The number of aromatic nitrogens is 4. The van der Waals surface area contributed by atoms with Gasteiger partial charge in [0.25, 0.3) is 5.82 Å². The third-order valence-electron chi connectivity index (χ3n) is 3.48. The van der Waals surface area contributed by atoms with E-state index >= 15 is 0 Å². The second-order valence-electron chi connectivity index (χ2n) is 4.91. The fourth-order valence-electron chi connectivity index (χ4n) is 2.39. The van der Waals surface area contributed by atoms with E-state index in [1.165, 1.54) is 25.0 Å². The fraction of sp³-hybridized carbons (Fsp3) is 0.214. The third kappa shape index (κ3) is 2.33. The van der Waals surface area contributed by atoms with Crippen LogP contribution in [0, 0.1) is 10.1 Å². The van der Waals surface area contributed by atoms with Crippen LogP contribution in [0.4, 0.5) is 5.82 Å². The van der Waals surface area contributed by atoms with Crippen LogP contribution in [0.25, 0.3) is 22.7 Å². The Morgan fingerprint density at radius 2 is 2.08 bits per heavy atom. The van der Waals surface area contributed by atoms with Crippen molar-refractivity contribution in [2.45, 2.75) is 0 Å². The zero-order valence-electron chi connectivity index (χ0n) is 13.1. The van der Waals surface area contributed by atoms with Gasteiger partial charge < -0.3 is 29.1 Å². The van der Waals surface area contributed by atoms with Crippen molar-refractivity contribution in [2.75, 3.05) is 14.2 Å². The molecule has 0 aliphatic rings. The number of fused-ring (bicyclic) bond motifs is 1. The minimum Gasteiger partial charge on any atom is -0.493 e. The van der Waals surface area contributed by atoms with Crippen molar-refractivity contribution >= 4 is 22.8 Å². The highest BCUT2D eigenvalue weighted by Crippen LogP contribution is 2.31. The van der Waals surface area contributed by atoms with Gasteiger partial charge in [0.15, 0.2) is 5.75 Å². The maximum Gasteiger partial charge on any atom is 0.382 e. The van der Waals surface area contributed by atoms with Crippen LogP contribution in [0.2, 0.25) is 0 Å². The van der Waals surface area contributed by atoms with Crippen LogP contribution in [0.15, 0.2) is 18.3 Å². The van der Waals surface area contributed by atoms with Gasteiger partial charge in [0.1, 0.15) is 17.3 Å². The smallest absolute Gasteiger partial charge is 0.382 e. The molecule has 0 aliphatic heterocycles. The molecule has 0 amide bonds. The second kappa shape index (κ2) is 5.65. The Bertz CT molecular complexity index is 958. The lowest BCUT2D eigenvalue weighted by Gasteiger charge is -2.06. The number of nitrogens with one attached hydrogen (secondary N) is 1. The lowest BCUT2D eigenvalue weighted by atomic mass is 10.1. The molecule has 24 heavy (non-hydrogen) atoms. The van der Waals surface area contributed by atoms with Gasteiger partial charge in [-0.3, -0.25) is 0 Å². The number of nitro groups is 1. The Labute approximate surface area is 135 Å². The van der Waals surface area contributed by atoms with E-state index in [1.54, 1.807) is 19.2 Å². The number of carbonyl (C=O) groups is 1. The zero-order chi connectivity index (χ0) is 17.4. The van der Waals surface area contributed by atoms with Crippen molar-refractivity contribution in [3.05, 3.63) is 34.0 Å². The first-order chi connectivity index (χ1) is 11.5. The van der Waals surface area contributed by atoms with Gasteiger partial charge in [-0.05, 0) is 22.0 Å². The molecule has 0 bridgehead atoms. The minimum absolute atomic E-state index is 0.233. The SMILES string of the molecule is COC(=O)c1ccc2[nH]c(-c3nc([N+](=O)[O-])cn3C)nc2c1OC. The lowest BCUT2D eigenvalue weighted by Crippen LogP contribution is -2.04. The number of methoxy groups -OCH3 is 2. The molecule has 0 spiro atoms. The molecule has 10 nitrogen and oxygen atoms in total. The molecule has 0 atom stereocenters. The Morgan fingerprint density at radius 1 is 1.33 bits per heavy atom. The first-order valence-corrected chi connectivity index (χ1v) is 6.79. The van der Waals surface area contributed by atoms with Gasteiger partial charge in [-0.15, -0.1) is 0 Å². The number of aromatic amines is 1. The normalized spacial score (nSPS) is 10.8. The first kappa shape index (κ1) is 15.5. The van der Waals surface area contributed by atoms with Crippen molar-refractivity contribution in [3.8, 4) is 17.4 Å². The first-order valence-electron chi connectivity index (χ1n) is 6.79. The molecule has 0 saturated heterocycles. The summed E-state index contributed by atoms with van der Waals surface area (Å²) < 4.78 is 11.5. The second-order valence-corrected chi connectivity index (χ2v) is 4.91. The number of benzene rings is 1. The van der Waals surface area contributed by atoms with Crippen molar-refractivity contribution in [2.24, 2.45) is 7.05 Å². The number of H-pyrrole nitrogens is 1. The van der Waals surface area contributed by atoms with Gasteiger partial charge in [-0.2, -0.15) is 0 Å². The largest absolute Gasteiger partial charge is 0.493 e. The van der Waals surface area contributed by atoms with E-state index in [1.807, 2.05) is 0 Å². The van der Waals surface area contributed by atoms with Gasteiger partial charge in [0.2, 0.25) is 5.82 Å². The van der Waals surface area contributed by atoms with Gasteiger partial charge >= 0.3 is 11.8 Å². The minimum atomic E-state index is -0.581. The molecule has 10 heteroatoms. The number of rotatable bonds is 4. The topological polar surface area (TPSA) is 125 Å². The molecule has 3 aromatic rings. The number of hydrogen-bond acceptors (Lipinski definition) is 7. The number of hydrogen-bond donors (Lipinski definition) is 1. The van der Waals surface area contributed by atoms with E-state index < -0.39 is 10.9 Å². The summed E-state index contributed by atoms with van der Waals surface area (Å²) in [5, 5.41) is 10.9. The average molecular weight is 331 g/mol. The van der Waals surface area contributed by atoms with Crippen LogP contribution in [-0.2, 0) is 11.8 Å². The summed E-state index contributed by atoms with van der Waals surface area (Å²) in [5.41, 5.74) is 1.23. The zero-order valence-corrected chi connectivity index (χ0v) is 13.1. The Balaban J connectivity index is 2.18. The van der Waals surface area contributed by atoms with E-state index in [9.17, 15) is 14.9 Å². The molecule has 2 heterocycles. The molecule has 0 fully saturated rings. The Kier molecular flexibility index (Phi) is 3.64. The molecule has 3 rings (SSSR count). The number of esters is 1. The highest BCUT2D eigenvalue weighted by molar-refractivity contribution is 5.99. The Hall–Kier alpha value is -3.43. The fourth-order valence-corrected chi connectivity index (χ4v) is 2.39. The maximum atomic E-state index is 11.8. The van der Waals surface area contributed by atoms with Crippen LogP contribution in [0.1, 0.15) is 10.4 Å². The predicted octanol–water partition coefficient (Wildman–Crippen LogP) is 1.67. The summed E-state index contributed by atoms with van der Waals surface area (Å²) in [6, 6.07) is 3.20. The molecule has 0 unspecified atom stereocenters. The molecule has 2 aromatic heterocycles. The van der Waals surface area contributed by atoms with E-state index in [0.717, 1.165) is 0 Å². The summed E-state index contributed by atoms with van der Waals surface area (Å²) in [6.07, 6.45) is 1.29. The summed E-state index contributed by atoms with van der Waals surface area (Å²) in [7, 11) is 4.32. The number of nitrogens with zero attached hydrogens (tertiary/aromatic N) is 4. The van der Waals surface area contributed by atoms with Gasteiger partial charge in [0.05, 0.1) is 19.7 Å². The predicted molar refractivity (Wildman–Crippen MR) is 82.8 cm³/mol. The number of carbonyl (C=O) groups excluding carboxylic acids is 1. The van der Waals surface area contributed by atoms with Crippen molar-refractivity contribution in [1.29, 1.82) is 0 Å². The van der Waals surface area contributed by atoms with Gasteiger partial charge in [-0.1, -0.05) is 0 Å². The van der Waals surface area contributed by atoms with Crippen LogP contribution in [0.3, 0.4) is 0 Å². The van der Waals surface area contributed by atoms with Gasteiger partial charge in [0, 0.05) is 7.05 Å². The number of imidazole rings is 2. The van der Waals surface area contributed by atoms with E-state index in [4.69, 9.17) is 9.47 Å². The summed E-state index contributed by atoms with van der Waals surface area (Å²) in [6.45, 7) is 0. The van der Waals surface area contributed by atoms with E-state index in [-0.39, 0.29) is 17.1 Å². The molecule has 1 N–H and O–H groups in total. The lowest BCUT2D eigenvalue weighted by molar-refractivity contribution is -0.389. The van der Waals surface area contributed by atoms with Crippen LogP contribution < -0.4 is 4.74 Å². The summed E-state index contributed by atoms with van der Waals surface area (Å²) in [4.78, 5) is 33.4. The van der Waals surface area contributed by atoms with E-state index in [0.29, 0.717) is 22.7 Å². The molecule has 124 valence electrons. The summed E-state index contributed by atoms with van der Waals surface area (Å²) >= 11 is 0. The number of ether oxygens (including phenoxy) is 2. The summed E-state index contributed by atoms with van der Waals surface area (Å²) in [5.74, 6) is 0.0344. The van der Waals surface area contributed by atoms with Crippen molar-refractivity contribution in [1.82, 2.24) is 19.5 Å². The number of aryl methyl sites for hydroxylation is 1. The van der Waals surface area contributed by atoms with Crippen LogP contribution >= 0.6 is 0 Å². The van der Waals surface area contributed by atoms with Crippen LogP contribution in [0.5, 0.6) is 5.75 Å². The molecule has 0 aliphatic carbocycles. The van der Waals surface area contributed by atoms with Gasteiger partial charge in [-0.25, -0.2) is 9.78 Å². The third-order valence-corrected chi connectivity index (χ3v) is 3.48. The molecule has 1 aromatic carbocycles. The quantitative estimate of drug-likeness (QED) is 0.438. The van der Waals surface area contributed by atoms with Crippen molar-refractivity contribution in [3.63, 3.8) is 0 Å². The molecular weight excluding hydrogens is 318 g/mol. The maximum absolute atomic E-state index is 11.8. The molecular formula is C14H13N5O5. The standard InChI is InChI=1S/C14H13N5O5/c1-18-6-9(19(21)22)16-13(18)12-15-8-5-4-7(14(20)24-3)11(23-2)10(8)17-12/h4-6H,1-3H3,(H,15,17).